The van der Waals surface area contributed by atoms with E-state index in [1.54, 1.807) is 26.1 Å². The van der Waals surface area contributed by atoms with E-state index in [0.29, 0.717) is 5.41 Å². The maximum atomic E-state index is 11.3. The summed E-state index contributed by atoms with van der Waals surface area (Å²) in [5.41, 5.74) is 0.335. The van der Waals surface area contributed by atoms with Crippen molar-refractivity contribution in [2.75, 3.05) is 34.4 Å². The molecule has 0 heterocycles. The molecule has 0 aliphatic heterocycles. The molecule has 1 rings (SSSR count). The molecule has 1 fully saturated rings. The summed E-state index contributed by atoms with van der Waals surface area (Å²) in [6, 6.07) is -0.00584. The minimum Gasteiger partial charge on any atom is -0.385 e. The van der Waals surface area contributed by atoms with Crippen molar-refractivity contribution in [1.29, 1.82) is 0 Å². The highest BCUT2D eigenvalue weighted by molar-refractivity contribution is 5.73. The number of methoxy groups -OCH3 is 1. The summed E-state index contributed by atoms with van der Waals surface area (Å²) in [5, 5.41) is 2.93. The van der Waals surface area contributed by atoms with E-state index in [1.807, 2.05) is 0 Å². The Morgan fingerprint density at radius 1 is 1.50 bits per heavy atom. The highest BCUT2D eigenvalue weighted by atomic mass is 16.5. The van der Waals surface area contributed by atoms with Gasteiger partial charge in [0.2, 0.25) is 0 Å². The van der Waals surface area contributed by atoms with Crippen molar-refractivity contribution in [3.05, 3.63) is 0 Å². The SMILES string of the molecule is COCCC1(CNC(=O)N(C)C)CC1. The second-order valence-electron chi connectivity index (χ2n) is 4.30. The minimum absolute atomic E-state index is 0.00584. The van der Waals surface area contributed by atoms with Crippen LogP contribution in [0.5, 0.6) is 0 Å². The third kappa shape index (κ3) is 3.18. The molecule has 0 aromatic heterocycles. The smallest absolute Gasteiger partial charge is 0.316 e. The van der Waals surface area contributed by atoms with Gasteiger partial charge in [-0.25, -0.2) is 4.79 Å². The van der Waals surface area contributed by atoms with Gasteiger partial charge in [0, 0.05) is 34.4 Å². The lowest BCUT2D eigenvalue weighted by molar-refractivity contribution is 0.169. The Balaban J connectivity index is 2.20. The lowest BCUT2D eigenvalue weighted by Crippen LogP contribution is -2.38. The number of carbonyl (C=O) groups excluding carboxylic acids is 1. The fourth-order valence-corrected chi connectivity index (χ4v) is 1.43. The molecule has 0 aromatic carbocycles. The molecule has 1 aliphatic rings. The first kappa shape index (κ1) is 11.3. The zero-order valence-corrected chi connectivity index (χ0v) is 9.30. The molecule has 0 unspecified atom stereocenters. The number of nitrogens with zero attached hydrogens (tertiary/aromatic N) is 1. The molecule has 0 saturated heterocycles. The Labute approximate surface area is 85.6 Å². The number of rotatable bonds is 5. The molecule has 4 nitrogen and oxygen atoms in total. The van der Waals surface area contributed by atoms with Gasteiger partial charge in [-0.1, -0.05) is 0 Å². The quantitative estimate of drug-likeness (QED) is 0.721. The first-order chi connectivity index (χ1) is 6.59. The summed E-state index contributed by atoms with van der Waals surface area (Å²) < 4.78 is 5.05. The van der Waals surface area contributed by atoms with E-state index < -0.39 is 0 Å². The predicted molar refractivity (Wildman–Crippen MR) is 55.2 cm³/mol. The monoisotopic (exact) mass is 200 g/mol. The van der Waals surface area contributed by atoms with Crippen LogP contribution < -0.4 is 5.32 Å². The molecule has 82 valence electrons. The van der Waals surface area contributed by atoms with Gasteiger partial charge in [-0.15, -0.1) is 0 Å². The van der Waals surface area contributed by atoms with Crippen LogP contribution in [0, 0.1) is 5.41 Å². The fourth-order valence-electron chi connectivity index (χ4n) is 1.43. The summed E-state index contributed by atoms with van der Waals surface area (Å²) in [4.78, 5) is 12.8. The van der Waals surface area contributed by atoms with Crippen LogP contribution >= 0.6 is 0 Å². The molecule has 4 heteroatoms. The Kier molecular flexibility index (Phi) is 3.75. The third-order valence-electron chi connectivity index (χ3n) is 2.81. The van der Waals surface area contributed by atoms with E-state index in [2.05, 4.69) is 5.32 Å². The first-order valence-corrected chi connectivity index (χ1v) is 5.04. The van der Waals surface area contributed by atoms with Gasteiger partial charge < -0.3 is 15.0 Å². The number of amides is 2. The van der Waals surface area contributed by atoms with Crippen LogP contribution in [-0.2, 0) is 4.74 Å². The van der Waals surface area contributed by atoms with E-state index >= 15 is 0 Å². The lowest BCUT2D eigenvalue weighted by atomic mass is 10.0. The van der Waals surface area contributed by atoms with Crippen molar-refractivity contribution in [2.24, 2.45) is 5.41 Å². The summed E-state index contributed by atoms with van der Waals surface area (Å²) in [5.74, 6) is 0. The number of hydrogen-bond acceptors (Lipinski definition) is 2. The number of nitrogens with one attached hydrogen (secondary N) is 1. The van der Waals surface area contributed by atoms with Crippen LogP contribution in [0.2, 0.25) is 0 Å². The summed E-state index contributed by atoms with van der Waals surface area (Å²) in [7, 11) is 5.22. The van der Waals surface area contributed by atoms with Gasteiger partial charge in [0.05, 0.1) is 0 Å². The van der Waals surface area contributed by atoms with E-state index in [0.717, 1.165) is 19.6 Å². The first-order valence-electron chi connectivity index (χ1n) is 5.04. The molecule has 0 radical (unpaired) electrons. The van der Waals surface area contributed by atoms with Gasteiger partial charge in [-0.2, -0.15) is 0 Å². The topological polar surface area (TPSA) is 41.6 Å². The molecular weight excluding hydrogens is 180 g/mol. The summed E-state index contributed by atoms with van der Waals surface area (Å²) in [6.45, 7) is 1.57. The lowest BCUT2D eigenvalue weighted by Gasteiger charge is -2.18. The molecule has 14 heavy (non-hydrogen) atoms. The van der Waals surface area contributed by atoms with Crippen LogP contribution in [0.3, 0.4) is 0 Å². The average molecular weight is 200 g/mol. The maximum absolute atomic E-state index is 11.3. The van der Waals surface area contributed by atoms with Crippen molar-refractivity contribution in [1.82, 2.24) is 10.2 Å². The second-order valence-corrected chi connectivity index (χ2v) is 4.30. The Morgan fingerprint density at radius 3 is 2.57 bits per heavy atom. The van der Waals surface area contributed by atoms with Crippen LogP contribution in [0.25, 0.3) is 0 Å². The number of carbonyl (C=O) groups is 1. The average Bonchev–Trinajstić information content (AvgIpc) is 2.92. The molecular formula is C10H20N2O2. The summed E-state index contributed by atoms with van der Waals surface area (Å²) in [6.07, 6.45) is 3.48. The number of ether oxygens (including phenoxy) is 1. The standard InChI is InChI=1S/C10H20N2O2/c1-12(2)9(13)11-8-10(4-5-10)6-7-14-3/h4-8H2,1-3H3,(H,11,13). The molecule has 0 bridgehead atoms. The van der Waals surface area contributed by atoms with E-state index in [4.69, 9.17) is 4.74 Å². The van der Waals surface area contributed by atoms with Gasteiger partial charge in [0.25, 0.3) is 0 Å². The van der Waals surface area contributed by atoms with Crippen LogP contribution in [-0.4, -0.2) is 45.3 Å². The predicted octanol–water partition coefficient (Wildman–Crippen LogP) is 1.07. The van der Waals surface area contributed by atoms with Crippen molar-refractivity contribution < 1.29 is 9.53 Å². The van der Waals surface area contributed by atoms with Crippen molar-refractivity contribution in [2.45, 2.75) is 19.3 Å². The maximum Gasteiger partial charge on any atom is 0.316 e. The van der Waals surface area contributed by atoms with Crippen LogP contribution in [0.15, 0.2) is 0 Å². The summed E-state index contributed by atoms with van der Waals surface area (Å²) >= 11 is 0. The van der Waals surface area contributed by atoms with Crippen molar-refractivity contribution in [3.8, 4) is 0 Å². The Hall–Kier alpha value is -0.770. The fraction of sp³-hybridized carbons (Fsp3) is 0.900. The van der Waals surface area contributed by atoms with Gasteiger partial charge >= 0.3 is 6.03 Å². The normalized spacial score (nSPS) is 17.6. The van der Waals surface area contributed by atoms with E-state index in [1.165, 1.54) is 12.8 Å². The molecule has 1 N–H and O–H groups in total. The molecule has 1 saturated carbocycles. The highest BCUT2D eigenvalue weighted by Gasteiger charge is 2.42. The highest BCUT2D eigenvalue weighted by Crippen LogP contribution is 2.48. The van der Waals surface area contributed by atoms with Gasteiger partial charge in [-0.3, -0.25) is 0 Å². The zero-order valence-electron chi connectivity index (χ0n) is 9.30. The molecule has 0 aromatic rings. The minimum atomic E-state index is -0.00584. The number of hydrogen-bond donors (Lipinski definition) is 1. The van der Waals surface area contributed by atoms with E-state index in [-0.39, 0.29) is 6.03 Å². The van der Waals surface area contributed by atoms with Gasteiger partial charge in [0.1, 0.15) is 0 Å². The molecule has 1 aliphatic carbocycles. The Bertz CT molecular complexity index is 200. The van der Waals surface area contributed by atoms with Crippen LogP contribution in [0.1, 0.15) is 19.3 Å². The molecule has 0 spiro atoms. The largest absolute Gasteiger partial charge is 0.385 e. The van der Waals surface area contributed by atoms with Crippen molar-refractivity contribution in [3.63, 3.8) is 0 Å². The van der Waals surface area contributed by atoms with Crippen LogP contribution in [0.4, 0.5) is 4.79 Å². The van der Waals surface area contributed by atoms with Gasteiger partial charge in [0.15, 0.2) is 0 Å². The van der Waals surface area contributed by atoms with E-state index in [9.17, 15) is 4.79 Å². The number of urea groups is 1. The molecule has 0 atom stereocenters. The molecule has 2 amide bonds. The second kappa shape index (κ2) is 4.64. The zero-order chi connectivity index (χ0) is 10.6. The third-order valence-corrected chi connectivity index (χ3v) is 2.81. The Morgan fingerprint density at radius 2 is 2.14 bits per heavy atom. The van der Waals surface area contributed by atoms with Gasteiger partial charge in [-0.05, 0) is 24.7 Å². The van der Waals surface area contributed by atoms with Crippen molar-refractivity contribution >= 4 is 6.03 Å².